The molecule has 29 heavy (non-hydrogen) atoms. The van der Waals surface area contributed by atoms with Crippen molar-refractivity contribution >= 4 is 29.4 Å². The summed E-state index contributed by atoms with van der Waals surface area (Å²) in [4.78, 5) is 7.89. The average molecular weight is 406 g/mol. The van der Waals surface area contributed by atoms with E-state index in [1.54, 1.807) is 12.1 Å². The Hall–Kier alpha value is -2.88. The molecule has 0 atom stereocenters. The van der Waals surface area contributed by atoms with Gasteiger partial charge in [0.05, 0.1) is 18.9 Å². The lowest BCUT2D eigenvalue weighted by atomic mass is 10.1. The molecule has 0 spiro atoms. The number of rotatable bonds is 8. The Balaban J connectivity index is 1.57. The lowest BCUT2D eigenvalue weighted by Gasteiger charge is -2.27. The van der Waals surface area contributed by atoms with Crippen molar-refractivity contribution in [2.24, 2.45) is 5.92 Å². The molecule has 154 valence electrons. The molecular weight excluding hydrogens is 385 g/mol. The van der Waals surface area contributed by atoms with Crippen molar-refractivity contribution in [1.82, 2.24) is 9.97 Å². The van der Waals surface area contributed by atoms with E-state index in [1.807, 2.05) is 6.07 Å². The minimum atomic E-state index is -4.54. The highest BCUT2D eigenvalue weighted by atomic mass is 19.4. The van der Waals surface area contributed by atoms with E-state index in [0.29, 0.717) is 30.4 Å². The van der Waals surface area contributed by atoms with E-state index in [2.05, 4.69) is 25.9 Å². The zero-order chi connectivity index (χ0) is 20.4. The molecule has 1 aromatic heterocycles. The van der Waals surface area contributed by atoms with Crippen molar-refractivity contribution < 1.29 is 17.9 Å². The second-order valence-electron chi connectivity index (χ2n) is 7.19. The molecular formula is C19H21F3N6O. The molecule has 1 aliphatic heterocycles. The van der Waals surface area contributed by atoms with E-state index in [-0.39, 0.29) is 17.8 Å². The summed E-state index contributed by atoms with van der Waals surface area (Å²) in [5, 5.41) is 16.8. The van der Waals surface area contributed by atoms with Crippen molar-refractivity contribution in [2.75, 3.05) is 35.7 Å². The van der Waals surface area contributed by atoms with Gasteiger partial charge in [0.15, 0.2) is 0 Å². The summed E-state index contributed by atoms with van der Waals surface area (Å²) in [6, 6.07) is 5.38. The number of hydrogen-bond donors (Lipinski definition) is 4. The monoisotopic (exact) mass is 406 g/mol. The SMILES string of the molecule is N=Cc1c(NCC2COC2)cccc1Nc1ncc(C(F)(F)F)c(NC2CC2)n1. The fraction of sp³-hybridized carbons (Fsp3) is 0.421. The zero-order valence-corrected chi connectivity index (χ0v) is 15.5. The number of benzene rings is 1. The van der Waals surface area contributed by atoms with Crippen LogP contribution in [0.3, 0.4) is 0 Å². The topological polar surface area (TPSA) is 95.0 Å². The van der Waals surface area contributed by atoms with Gasteiger partial charge in [-0.05, 0) is 25.0 Å². The summed E-state index contributed by atoms with van der Waals surface area (Å²) in [6.07, 6.45) is -0.924. The van der Waals surface area contributed by atoms with Gasteiger partial charge in [-0.25, -0.2) is 4.98 Å². The van der Waals surface area contributed by atoms with Crippen LogP contribution < -0.4 is 16.0 Å². The molecule has 4 N–H and O–H groups in total. The Morgan fingerprint density at radius 3 is 2.59 bits per heavy atom. The maximum Gasteiger partial charge on any atom is 0.421 e. The van der Waals surface area contributed by atoms with Crippen LogP contribution in [-0.4, -0.2) is 42.0 Å². The number of alkyl halides is 3. The van der Waals surface area contributed by atoms with E-state index in [4.69, 9.17) is 10.1 Å². The van der Waals surface area contributed by atoms with Gasteiger partial charge in [0.1, 0.15) is 11.4 Å². The standard InChI is InChI=1S/C19H21F3N6O/c20-19(21,22)14-8-25-18(28-17(14)26-12-4-5-12)27-16-3-1-2-15(13(16)6-23)24-7-11-9-29-10-11/h1-3,6,8,11-12,23-24H,4-5,7,9-10H2,(H2,25,26,27,28). The highest BCUT2D eigenvalue weighted by Gasteiger charge is 2.37. The number of nitrogens with zero attached hydrogens (tertiary/aromatic N) is 2. The lowest BCUT2D eigenvalue weighted by Crippen LogP contribution is -2.33. The summed E-state index contributed by atoms with van der Waals surface area (Å²) in [7, 11) is 0. The first-order chi connectivity index (χ1) is 13.9. The zero-order valence-electron chi connectivity index (χ0n) is 15.5. The predicted molar refractivity (Wildman–Crippen MR) is 104 cm³/mol. The molecule has 1 saturated carbocycles. The first-order valence-electron chi connectivity index (χ1n) is 9.37. The largest absolute Gasteiger partial charge is 0.421 e. The Bertz CT molecular complexity index is 896. The van der Waals surface area contributed by atoms with Gasteiger partial charge in [-0.1, -0.05) is 6.07 Å². The molecule has 0 bridgehead atoms. The number of halogens is 3. The smallest absolute Gasteiger partial charge is 0.384 e. The van der Waals surface area contributed by atoms with Crippen molar-refractivity contribution in [3.63, 3.8) is 0 Å². The van der Waals surface area contributed by atoms with Gasteiger partial charge in [-0.2, -0.15) is 18.2 Å². The molecule has 2 aromatic rings. The maximum absolute atomic E-state index is 13.2. The van der Waals surface area contributed by atoms with Crippen molar-refractivity contribution in [1.29, 1.82) is 5.41 Å². The number of nitrogens with one attached hydrogen (secondary N) is 4. The van der Waals surface area contributed by atoms with Crippen molar-refractivity contribution in [3.05, 3.63) is 35.5 Å². The number of anilines is 4. The molecule has 1 aromatic carbocycles. The molecule has 1 aliphatic carbocycles. The van der Waals surface area contributed by atoms with E-state index >= 15 is 0 Å². The quantitative estimate of drug-likeness (QED) is 0.497. The molecule has 7 nitrogen and oxygen atoms in total. The first kappa shape index (κ1) is 19.4. The van der Waals surface area contributed by atoms with Crippen LogP contribution in [0.2, 0.25) is 0 Å². The summed E-state index contributed by atoms with van der Waals surface area (Å²) >= 11 is 0. The molecule has 4 rings (SSSR count). The van der Waals surface area contributed by atoms with E-state index < -0.39 is 11.7 Å². The summed E-state index contributed by atoms with van der Waals surface area (Å²) in [6.45, 7) is 2.14. The Morgan fingerprint density at radius 1 is 1.21 bits per heavy atom. The molecule has 2 fully saturated rings. The van der Waals surface area contributed by atoms with Crippen LogP contribution in [0, 0.1) is 11.3 Å². The average Bonchev–Trinajstić information content (AvgIpc) is 3.44. The first-order valence-corrected chi connectivity index (χ1v) is 9.37. The third-order valence-electron chi connectivity index (χ3n) is 4.80. The Morgan fingerprint density at radius 2 is 1.97 bits per heavy atom. The normalized spacial score (nSPS) is 16.8. The number of hydrogen-bond acceptors (Lipinski definition) is 7. The van der Waals surface area contributed by atoms with Crippen molar-refractivity contribution in [2.45, 2.75) is 25.1 Å². The Kier molecular flexibility index (Phi) is 5.27. The van der Waals surface area contributed by atoms with E-state index in [9.17, 15) is 13.2 Å². The third-order valence-corrected chi connectivity index (χ3v) is 4.80. The van der Waals surface area contributed by atoms with Gasteiger partial charge in [-0.15, -0.1) is 0 Å². The second kappa shape index (κ2) is 7.86. The highest BCUT2D eigenvalue weighted by Crippen LogP contribution is 2.36. The molecule has 0 radical (unpaired) electrons. The molecule has 10 heteroatoms. The number of aromatic nitrogens is 2. The van der Waals surface area contributed by atoms with Crippen LogP contribution in [0.1, 0.15) is 24.0 Å². The summed E-state index contributed by atoms with van der Waals surface area (Å²) < 4.78 is 44.9. The predicted octanol–water partition coefficient (Wildman–Crippen LogP) is 3.87. The summed E-state index contributed by atoms with van der Waals surface area (Å²) in [5.74, 6) is 0.237. The molecule has 0 amide bonds. The lowest BCUT2D eigenvalue weighted by molar-refractivity contribution is -0.137. The number of ether oxygens (including phenoxy) is 1. The van der Waals surface area contributed by atoms with Gasteiger partial charge >= 0.3 is 6.18 Å². The van der Waals surface area contributed by atoms with Gasteiger partial charge in [0.25, 0.3) is 0 Å². The molecule has 1 saturated heterocycles. The van der Waals surface area contributed by atoms with Gasteiger partial charge in [-0.3, -0.25) is 0 Å². The highest BCUT2D eigenvalue weighted by molar-refractivity contribution is 5.94. The van der Waals surface area contributed by atoms with Crippen LogP contribution in [0.15, 0.2) is 24.4 Å². The third kappa shape index (κ3) is 4.58. The summed E-state index contributed by atoms with van der Waals surface area (Å²) in [5.41, 5.74) is 0.973. The molecule has 2 aliphatic rings. The minimum absolute atomic E-state index is 0.0130. The molecule has 0 unspecified atom stereocenters. The van der Waals surface area contributed by atoms with E-state index in [1.165, 1.54) is 6.21 Å². The van der Waals surface area contributed by atoms with Crippen LogP contribution in [0.25, 0.3) is 0 Å². The second-order valence-corrected chi connectivity index (χ2v) is 7.19. The van der Waals surface area contributed by atoms with E-state index in [0.717, 1.165) is 31.3 Å². The van der Waals surface area contributed by atoms with Crippen molar-refractivity contribution in [3.8, 4) is 0 Å². The van der Waals surface area contributed by atoms with Crippen LogP contribution >= 0.6 is 0 Å². The van der Waals surface area contributed by atoms with Gasteiger partial charge in [0.2, 0.25) is 5.95 Å². The fourth-order valence-electron chi connectivity index (χ4n) is 2.94. The maximum atomic E-state index is 13.2. The van der Waals surface area contributed by atoms with Crippen LogP contribution in [0.4, 0.5) is 36.3 Å². The van der Waals surface area contributed by atoms with Crippen LogP contribution in [-0.2, 0) is 10.9 Å². The van der Waals surface area contributed by atoms with Gasteiger partial charge < -0.3 is 26.1 Å². The fourth-order valence-corrected chi connectivity index (χ4v) is 2.94. The Labute approximate surface area is 165 Å². The molecule has 2 heterocycles. The minimum Gasteiger partial charge on any atom is -0.384 e. The van der Waals surface area contributed by atoms with Crippen LogP contribution in [0.5, 0.6) is 0 Å². The van der Waals surface area contributed by atoms with Gasteiger partial charge in [0, 0.05) is 42.2 Å².